The van der Waals surface area contributed by atoms with E-state index in [1.54, 1.807) is 30.3 Å². The van der Waals surface area contributed by atoms with E-state index in [-0.39, 0.29) is 16.6 Å². The molecule has 0 bridgehead atoms. The molecule has 0 aliphatic carbocycles. The molecule has 2 rings (SSSR count). The van der Waals surface area contributed by atoms with Gasteiger partial charge in [0.15, 0.2) is 0 Å². The molecule has 21 heavy (non-hydrogen) atoms. The maximum Gasteiger partial charge on any atom is 0.431 e. The normalized spacial score (nSPS) is 11.7. The van der Waals surface area contributed by atoms with Gasteiger partial charge in [0.25, 0.3) is 0 Å². The Balaban J connectivity index is 2.67. The van der Waals surface area contributed by atoms with E-state index in [1.807, 2.05) is 0 Å². The van der Waals surface area contributed by atoms with Crippen LogP contribution in [0.3, 0.4) is 0 Å². The van der Waals surface area contributed by atoms with Crippen LogP contribution in [0.4, 0.5) is 13.2 Å². The average Bonchev–Trinajstić information content (AvgIpc) is 2.62. The number of nitrogens with zero attached hydrogens (tertiary/aromatic N) is 1. The number of halogens is 4. The van der Waals surface area contributed by atoms with E-state index in [4.69, 9.17) is 0 Å². The van der Waals surface area contributed by atoms with Gasteiger partial charge in [-0.15, -0.1) is 0 Å². The van der Waals surface area contributed by atoms with Crippen LogP contribution in [0.5, 0.6) is 0 Å². The first kappa shape index (κ1) is 15.6. The van der Waals surface area contributed by atoms with Gasteiger partial charge in [-0.1, -0.05) is 30.3 Å². The first-order valence-electron chi connectivity index (χ1n) is 5.96. The van der Waals surface area contributed by atoms with Crippen molar-refractivity contribution in [2.75, 3.05) is 0 Å². The highest BCUT2D eigenvalue weighted by Crippen LogP contribution is 2.39. The van der Waals surface area contributed by atoms with Crippen molar-refractivity contribution >= 4 is 21.9 Å². The van der Waals surface area contributed by atoms with Gasteiger partial charge in [-0.3, -0.25) is 0 Å². The van der Waals surface area contributed by atoms with Crippen molar-refractivity contribution < 1.29 is 23.1 Å². The molecule has 0 saturated heterocycles. The van der Waals surface area contributed by atoms with Crippen molar-refractivity contribution in [2.45, 2.75) is 19.6 Å². The third-order valence-corrected chi connectivity index (χ3v) is 4.06. The molecule has 1 aromatic carbocycles. The molecular weight excluding hydrogens is 351 g/mol. The first-order chi connectivity index (χ1) is 9.73. The Hall–Kier alpha value is -1.76. The molecule has 3 nitrogen and oxygen atoms in total. The second kappa shape index (κ2) is 5.55. The molecule has 2 aromatic rings. The van der Waals surface area contributed by atoms with E-state index in [1.165, 1.54) is 6.92 Å². The van der Waals surface area contributed by atoms with Gasteiger partial charge in [-0.2, -0.15) is 13.2 Å². The molecule has 0 atom stereocenters. The van der Waals surface area contributed by atoms with Crippen LogP contribution >= 0.6 is 15.9 Å². The summed E-state index contributed by atoms with van der Waals surface area (Å²) in [5.74, 6) is -1.41. The minimum Gasteiger partial charge on any atom is -0.477 e. The van der Waals surface area contributed by atoms with Crippen LogP contribution in [-0.2, 0) is 12.7 Å². The van der Waals surface area contributed by atoms with Gasteiger partial charge < -0.3 is 9.67 Å². The van der Waals surface area contributed by atoms with Gasteiger partial charge in [-0.25, -0.2) is 4.79 Å². The summed E-state index contributed by atoms with van der Waals surface area (Å²) in [4.78, 5) is 11.3. The van der Waals surface area contributed by atoms with Crippen molar-refractivity contribution in [1.82, 2.24) is 4.57 Å². The first-order valence-corrected chi connectivity index (χ1v) is 6.75. The molecule has 0 unspecified atom stereocenters. The maximum absolute atomic E-state index is 13.2. The van der Waals surface area contributed by atoms with Crippen molar-refractivity contribution in [2.24, 2.45) is 0 Å². The fourth-order valence-corrected chi connectivity index (χ4v) is 2.78. The molecule has 112 valence electrons. The molecule has 0 saturated carbocycles. The number of carbonyl (C=O) groups is 1. The Morgan fingerprint density at radius 1 is 1.29 bits per heavy atom. The van der Waals surface area contributed by atoms with Crippen LogP contribution in [-0.4, -0.2) is 15.6 Å². The van der Waals surface area contributed by atoms with Gasteiger partial charge >= 0.3 is 12.1 Å². The molecular formula is C14H11BrF3NO2. The molecule has 1 heterocycles. The van der Waals surface area contributed by atoms with Crippen molar-refractivity contribution in [3.63, 3.8) is 0 Å². The highest BCUT2D eigenvalue weighted by molar-refractivity contribution is 9.10. The highest BCUT2D eigenvalue weighted by atomic mass is 79.9. The highest BCUT2D eigenvalue weighted by Gasteiger charge is 2.40. The minimum atomic E-state index is -4.63. The number of aromatic nitrogens is 1. The molecule has 0 aliphatic rings. The molecule has 0 fully saturated rings. The number of alkyl halides is 3. The molecule has 0 spiro atoms. The zero-order valence-electron chi connectivity index (χ0n) is 10.9. The number of aromatic carboxylic acids is 1. The SMILES string of the molecule is Cc1c(Br)c(C(=O)O)n(Cc2ccccc2)c1C(F)(F)F. The standard InChI is InChI=1S/C14H11BrF3NO2/c1-8-10(15)11(13(20)21)19(12(8)14(16,17)18)7-9-5-3-2-4-6-9/h2-6H,7H2,1H3,(H,20,21). The predicted molar refractivity (Wildman–Crippen MR) is 74.4 cm³/mol. The number of rotatable bonds is 3. The number of hydrogen-bond donors (Lipinski definition) is 1. The summed E-state index contributed by atoms with van der Waals surface area (Å²) in [6, 6.07) is 8.41. The lowest BCUT2D eigenvalue weighted by Crippen LogP contribution is -2.19. The van der Waals surface area contributed by atoms with Crippen LogP contribution in [0, 0.1) is 6.92 Å². The van der Waals surface area contributed by atoms with Crippen LogP contribution in [0.25, 0.3) is 0 Å². The summed E-state index contributed by atoms with van der Waals surface area (Å²) >= 11 is 2.96. The van der Waals surface area contributed by atoms with Crippen molar-refractivity contribution in [3.8, 4) is 0 Å². The van der Waals surface area contributed by atoms with Gasteiger partial charge in [-0.05, 0) is 34.0 Å². The summed E-state index contributed by atoms with van der Waals surface area (Å²) in [7, 11) is 0. The van der Waals surface area contributed by atoms with Crippen LogP contribution in [0.1, 0.15) is 27.3 Å². The Morgan fingerprint density at radius 2 is 1.86 bits per heavy atom. The van der Waals surface area contributed by atoms with Crippen LogP contribution in [0.15, 0.2) is 34.8 Å². The fourth-order valence-electron chi connectivity index (χ4n) is 2.21. The number of carboxylic acid groups (broad SMARTS) is 1. The van der Waals surface area contributed by atoms with E-state index in [0.29, 0.717) is 5.56 Å². The van der Waals surface area contributed by atoms with E-state index >= 15 is 0 Å². The third kappa shape index (κ3) is 2.97. The third-order valence-electron chi connectivity index (χ3n) is 3.09. The summed E-state index contributed by atoms with van der Waals surface area (Å²) in [6.07, 6.45) is -4.63. The zero-order valence-corrected chi connectivity index (χ0v) is 12.5. The fraction of sp³-hybridized carbons (Fsp3) is 0.214. The zero-order chi connectivity index (χ0) is 15.8. The summed E-state index contributed by atoms with van der Waals surface area (Å²) < 4.78 is 40.4. The van der Waals surface area contributed by atoms with E-state index in [9.17, 15) is 23.1 Å². The molecule has 1 aromatic heterocycles. The van der Waals surface area contributed by atoms with Crippen LogP contribution < -0.4 is 0 Å². The summed E-state index contributed by atoms with van der Waals surface area (Å²) in [6.45, 7) is 1.09. The molecule has 0 radical (unpaired) electrons. The van der Waals surface area contributed by atoms with Crippen molar-refractivity contribution in [3.05, 3.63) is 57.3 Å². The number of benzene rings is 1. The molecule has 1 N–H and O–H groups in total. The van der Waals surface area contributed by atoms with Gasteiger partial charge in [0, 0.05) is 6.54 Å². The van der Waals surface area contributed by atoms with Gasteiger partial charge in [0.2, 0.25) is 0 Å². The number of carboxylic acids is 1. The van der Waals surface area contributed by atoms with E-state index in [0.717, 1.165) is 4.57 Å². The predicted octanol–water partition coefficient (Wildman–Crippen LogP) is 4.32. The Kier molecular flexibility index (Phi) is 4.13. The molecule has 0 amide bonds. The maximum atomic E-state index is 13.2. The molecule has 7 heteroatoms. The van der Waals surface area contributed by atoms with Gasteiger partial charge in [0.1, 0.15) is 11.4 Å². The average molecular weight is 362 g/mol. The quantitative estimate of drug-likeness (QED) is 0.884. The Morgan fingerprint density at radius 3 is 2.33 bits per heavy atom. The monoisotopic (exact) mass is 361 g/mol. The van der Waals surface area contributed by atoms with Crippen LogP contribution in [0.2, 0.25) is 0 Å². The Bertz CT molecular complexity index is 678. The largest absolute Gasteiger partial charge is 0.477 e. The lowest BCUT2D eigenvalue weighted by molar-refractivity contribution is -0.143. The lowest BCUT2D eigenvalue weighted by Gasteiger charge is -2.14. The van der Waals surface area contributed by atoms with Gasteiger partial charge in [0.05, 0.1) is 4.47 Å². The van der Waals surface area contributed by atoms with E-state index in [2.05, 4.69) is 15.9 Å². The minimum absolute atomic E-state index is 0.0433. The number of hydrogen-bond acceptors (Lipinski definition) is 1. The second-order valence-electron chi connectivity index (χ2n) is 4.51. The van der Waals surface area contributed by atoms with Crippen molar-refractivity contribution in [1.29, 1.82) is 0 Å². The lowest BCUT2D eigenvalue weighted by atomic mass is 10.2. The summed E-state index contributed by atoms with van der Waals surface area (Å²) in [5.41, 5.74) is -0.886. The smallest absolute Gasteiger partial charge is 0.431 e. The second-order valence-corrected chi connectivity index (χ2v) is 5.30. The summed E-state index contributed by atoms with van der Waals surface area (Å²) in [5, 5.41) is 9.21. The molecule has 0 aliphatic heterocycles. The van der Waals surface area contributed by atoms with E-state index < -0.39 is 23.5 Å². The topological polar surface area (TPSA) is 42.2 Å². The Labute approximate surface area is 127 Å².